The summed E-state index contributed by atoms with van der Waals surface area (Å²) in [6, 6.07) is 0. The van der Waals surface area contributed by atoms with Crippen molar-refractivity contribution in [3.63, 3.8) is 0 Å². The van der Waals surface area contributed by atoms with E-state index >= 15 is 0 Å². The van der Waals surface area contributed by atoms with E-state index in [1.807, 2.05) is 0 Å². The lowest BCUT2D eigenvalue weighted by Gasteiger charge is -2.30. The highest BCUT2D eigenvalue weighted by Crippen LogP contribution is 2.37. The van der Waals surface area contributed by atoms with Gasteiger partial charge in [0.2, 0.25) is 0 Å². The lowest BCUT2D eigenvalue weighted by Crippen LogP contribution is -2.47. The van der Waals surface area contributed by atoms with Crippen molar-refractivity contribution in [2.24, 2.45) is 11.7 Å². The number of aliphatic hydroxyl groups is 1. The molecule has 2 fully saturated rings. The number of thioether (sulfide) groups is 1. The van der Waals surface area contributed by atoms with Crippen LogP contribution in [-0.2, 0) is 4.74 Å². The summed E-state index contributed by atoms with van der Waals surface area (Å²) in [4.78, 5) is 0. The van der Waals surface area contributed by atoms with Crippen molar-refractivity contribution in [3.05, 3.63) is 0 Å². The van der Waals surface area contributed by atoms with Gasteiger partial charge in [-0.2, -0.15) is 11.8 Å². The molecule has 2 unspecified atom stereocenters. The molecule has 0 amide bonds. The molecule has 3 N–H and O–H groups in total. The van der Waals surface area contributed by atoms with E-state index in [-0.39, 0.29) is 12.1 Å². The maximum absolute atomic E-state index is 9.40. The maximum Gasteiger partial charge on any atom is 0.0613 e. The average Bonchev–Trinajstić information content (AvgIpc) is 2.73. The normalized spacial score (nSPS) is 35.3. The van der Waals surface area contributed by atoms with Gasteiger partial charge in [-0.25, -0.2) is 0 Å². The van der Waals surface area contributed by atoms with E-state index in [2.05, 4.69) is 11.8 Å². The predicted octanol–water partition coefficient (Wildman–Crippen LogP) is 1.78. The molecule has 100 valence electrons. The molecule has 2 aliphatic rings. The predicted molar refractivity (Wildman–Crippen MR) is 72.3 cm³/mol. The van der Waals surface area contributed by atoms with E-state index in [9.17, 15) is 5.11 Å². The van der Waals surface area contributed by atoms with Crippen LogP contribution in [-0.4, -0.2) is 41.5 Å². The molecule has 0 aromatic heterocycles. The minimum atomic E-state index is -0.282. The Labute approximate surface area is 108 Å². The van der Waals surface area contributed by atoms with E-state index in [4.69, 9.17) is 10.5 Å². The molecule has 0 spiro atoms. The molecule has 1 saturated heterocycles. The minimum absolute atomic E-state index is 0.152. The molecule has 0 aromatic rings. The molecule has 1 heterocycles. The number of hydrogen-bond donors (Lipinski definition) is 2. The molecular weight excluding hydrogens is 234 g/mol. The highest BCUT2D eigenvalue weighted by atomic mass is 32.2. The van der Waals surface area contributed by atoms with Crippen molar-refractivity contribution in [2.45, 2.75) is 49.3 Å². The summed E-state index contributed by atoms with van der Waals surface area (Å²) in [5.74, 6) is 1.72. The molecule has 1 aliphatic carbocycles. The van der Waals surface area contributed by atoms with Gasteiger partial charge in [0, 0.05) is 24.0 Å². The second kappa shape index (κ2) is 6.41. The Kier molecular flexibility index (Phi) is 5.15. The molecule has 3 nitrogen and oxygen atoms in total. The molecular formula is C13H25NO2S. The highest BCUT2D eigenvalue weighted by Gasteiger charge is 2.38. The van der Waals surface area contributed by atoms with E-state index in [0.717, 1.165) is 24.9 Å². The monoisotopic (exact) mass is 259 g/mol. The Morgan fingerprint density at radius 2 is 2.06 bits per heavy atom. The summed E-state index contributed by atoms with van der Waals surface area (Å²) in [6.07, 6.45) is 6.94. The Morgan fingerprint density at radius 3 is 2.76 bits per heavy atom. The Bertz CT molecular complexity index is 233. The smallest absolute Gasteiger partial charge is 0.0613 e. The topological polar surface area (TPSA) is 55.5 Å². The fourth-order valence-electron chi connectivity index (χ4n) is 3.03. The van der Waals surface area contributed by atoms with Crippen molar-refractivity contribution in [1.29, 1.82) is 0 Å². The number of rotatable bonds is 5. The van der Waals surface area contributed by atoms with Gasteiger partial charge in [0.15, 0.2) is 0 Å². The second-order valence-electron chi connectivity index (χ2n) is 5.45. The van der Waals surface area contributed by atoms with Gasteiger partial charge in [-0.15, -0.1) is 0 Å². The fraction of sp³-hybridized carbons (Fsp3) is 1.00. The van der Waals surface area contributed by atoms with Crippen molar-refractivity contribution in [1.82, 2.24) is 0 Å². The van der Waals surface area contributed by atoms with Gasteiger partial charge in [0.25, 0.3) is 0 Å². The van der Waals surface area contributed by atoms with Gasteiger partial charge in [-0.05, 0) is 43.8 Å². The lowest BCUT2D eigenvalue weighted by molar-refractivity contribution is 0.1000. The average molecular weight is 259 g/mol. The zero-order valence-corrected chi connectivity index (χ0v) is 11.4. The Balaban J connectivity index is 1.67. The van der Waals surface area contributed by atoms with E-state index in [1.165, 1.54) is 37.9 Å². The third-order valence-corrected chi connectivity index (χ3v) is 5.70. The van der Waals surface area contributed by atoms with Crippen LogP contribution in [0.5, 0.6) is 0 Å². The van der Waals surface area contributed by atoms with Crippen LogP contribution < -0.4 is 5.73 Å². The lowest BCUT2D eigenvalue weighted by atomic mass is 9.87. The molecule has 0 bridgehead atoms. The number of nitrogens with two attached hydrogens (primary N) is 1. The Hall–Kier alpha value is 0.230. The minimum Gasteiger partial charge on any atom is -0.394 e. The van der Waals surface area contributed by atoms with E-state index in [0.29, 0.717) is 5.92 Å². The first kappa shape index (κ1) is 13.7. The van der Waals surface area contributed by atoms with Gasteiger partial charge < -0.3 is 15.6 Å². The molecule has 2 rings (SSSR count). The maximum atomic E-state index is 9.40. The standard InChI is InChI=1S/C13H25NO2S/c14-13(10-15)6-1-2-11(13)5-9-17-12-3-7-16-8-4-12/h11-12,15H,1-10,14H2. The van der Waals surface area contributed by atoms with Gasteiger partial charge in [0.05, 0.1) is 6.61 Å². The summed E-state index contributed by atoms with van der Waals surface area (Å²) < 4.78 is 5.36. The molecule has 0 radical (unpaired) electrons. The number of ether oxygens (including phenoxy) is 1. The van der Waals surface area contributed by atoms with Crippen LogP contribution in [0, 0.1) is 5.92 Å². The third-order valence-electron chi connectivity index (χ3n) is 4.29. The van der Waals surface area contributed by atoms with Crippen molar-refractivity contribution in [2.75, 3.05) is 25.6 Å². The molecule has 4 heteroatoms. The molecule has 2 atom stereocenters. The highest BCUT2D eigenvalue weighted by molar-refractivity contribution is 7.99. The summed E-state index contributed by atoms with van der Waals surface area (Å²) in [5, 5.41) is 10.2. The van der Waals surface area contributed by atoms with Gasteiger partial charge in [-0.1, -0.05) is 6.42 Å². The van der Waals surface area contributed by atoms with Crippen LogP contribution in [0.15, 0.2) is 0 Å². The van der Waals surface area contributed by atoms with Crippen molar-refractivity contribution < 1.29 is 9.84 Å². The zero-order chi connectivity index (χ0) is 12.1. The van der Waals surface area contributed by atoms with Gasteiger partial charge >= 0.3 is 0 Å². The van der Waals surface area contributed by atoms with Crippen LogP contribution >= 0.6 is 11.8 Å². The van der Waals surface area contributed by atoms with E-state index in [1.54, 1.807) is 0 Å². The summed E-state index contributed by atoms with van der Waals surface area (Å²) in [6.45, 7) is 2.01. The summed E-state index contributed by atoms with van der Waals surface area (Å²) >= 11 is 2.08. The SMILES string of the molecule is NC1(CO)CCCC1CCSC1CCOCC1. The molecule has 0 aromatic carbocycles. The van der Waals surface area contributed by atoms with Crippen LogP contribution in [0.2, 0.25) is 0 Å². The molecule has 1 aliphatic heterocycles. The van der Waals surface area contributed by atoms with Gasteiger partial charge in [-0.3, -0.25) is 0 Å². The van der Waals surface area contributed by atoms with Gasteiger partial charge in [0.1, 0.15) is 0 Å². The third kappa shape index (κ3) is 3.60. The number of hydrogen-bond acceptors (Lipinski definition) is 4. The van der Waals surface area contributed by atoms with Crippen LogP contribution in [0.3, 0.4) is 0 Å². The van der Waals surface area contributed by atoms with Crippen LogP contribution in [0.25, 0.3) is 0 Å². The summed E-state index contributed by atoms with van der Waals surface area (Å²) in [5.41, 5.74) is 5.96. The molecule has 1 saturated carbocycles. The Morgan fingerprint density at radius 1 is 1.29 bits per heavy atom. The quantitative estimate of drug-likeness (QED) is 0.790. The van der Waals surface area contributed by atoms with E-state index < -0.39 is 0 Å². The largest absolute Gasteiger partial charge is 0.394 e. The first-order valence-electron chi connectivity index (χ1n) is 6.84. The fourth-order valence-corrected chi connectivity index (χ4v) is 4.31. The van der Waals surface area contributed by atoms with Crippen molar-refractivity contribution in [3.8, 4) is 0 Å². The number of aliphatic hydroxyl groups excluding tert-OH is 1. The summed E-state index contributed by atoms with van der Waals surface area (Å²) in [7, 11) is 0. The first-order valence-corrected chi connectivity index (χ1v) is 7.88. The zero-order valence-electron chi connectivity index (χ0n) is 10.6. The molecule has 17 heavy (non-hydrogen) atoms. The second-order valence-corrected chi connectivity index (χ2v) is 6.86. The van der Waals surface area contributed by atoms with Crippen molar-refractivity contribution >= 4 is 11.8 Å². The van der Waals surface area contributed by atoms with Crippen LogP contribution in [0.1, 0.15) is 38.5 Å². The first-order chi connectivity index (χ1) is 8.24. The van der Waals surface area contributed by atoms with Crippen LogP contribution in [0.4, 0.5) is 0 Å².